The first-order valence-corrected chi connectivity index (χ1v) is 6.63. The number of hydrogen-bond donors (Lipinski definition) is 1. The molecule has 0 spiro atoms. The van der Waals surface area contributed by atoms with E-state index in [4.69, 9.17) is 5.73 Å². The van der Waals surface area contributed by atoms with Crippen LogP contribution in [0.3, 0.4) is 0 Å². The van der Waals surface area contributed by atoms with E-state index in [2.05, 4.69) is 26.2 Å². The molecule has 1 unspecified atom stereocenters. The van der Waals surface area contributed by atoms with E-state index in [1.165, 1.54) is 18.4 Å². The lowest BCUT2D eigenvalue weighted by atomic mass is 9.89. The van der Waals surface area contributed by atoms with Gasteiger partial charge in [0.05, 0.1) is 0 Å². The van der Waals surface area contributed by atoms with Crippen LogP contribution in [0.2, 0.25) is 0 Å². The molecule has 90 valence electrons. The molecule has 2 N–H and O–H groups in total. The van der Waals surface area contributed by atoms with E-state index < -0.39 is 0 Å². The summed E-state index contributed by atoms with van der Waals surface area (Å²) in [4.78, 5) is 0. The normalized spacial score (nSPS) is 17.7. The third kappa shape index (κ3) is 3.47. The van der Waals surface area contributed by atoms with Crippen molar-refractivity contribution in [1.29, 1.82) is 0 Å². The Bertz CT molecular complexity index is 307. The predicted molar refractivity (Wildman–Crippen MR) is 75.5 cm³/mol. The summed E-state index contributed by atoms with van der Waals surface area (Å²) >= 11 is 0. The number of hydrogen-bond acceptors (Lipinski definition) is 2. The molecule has 1 fully saturated rings. The second kappa shape index (κ2) is 6.88. The van der Waals surface area contributed by atoms with Crippen LogP contribution in [-0.4, -0.2) is 17.8 Å². The highest BCUT2D eigenvalue weighted by Gasteiger charge is 2.19. The Hall–Kier alpha value is -0.590. The number of anilines is 1. The minimum atomic E-state index is 0.660. The van der Waals surface area contributed by atoms with Crippen molar-refractivity contribution in [2.45, 2.75) is 32.6 Å². The van der Waals surface area contributed by atoms with Crippen molar-refractivity contribution >= 4 is 15.1 Å². The molecule has 0 bridgehead atoms. The summed E-state index contributed by atoms with van der Waals surface area (Å²) in [6.45, 7) is 6.31. The second-order valence-corrected chi connectivity index (χ2v) is 4.67. The number of para-hydroxylation sites is 1. The molecule has 0 saturated carbocycles. The summed E-state index contributed by atoms with van der Waals surface area (Å²) in [7, 11) is 2.77. The molecule has 0 aromatic heterocycles. The lowest BCUT2D eigenvalue weighted by molar-refractivity contribution is 0.345. The van der Waals surface area contributed by atoms with Crippen molar-refractivity contribution in [3.63, 3.8) is 0 Å². The highest BCUT2D eigenvalue weighted by molar-refractivity contribution is 7.13. The van der Waals surface area contributed by atoms with Crippen molar-refractivity contribution in [1.82, 2.24) is 4.67 Å². The highest BCUT2D eigenvalue weighted by Crippen LogP contribution is 2.32. The first kappa shape index (κ1) is 13.5. The van der Waals surface area contributed by atoms with Gasteiger partial charge in [0.15, 0.2) is 0 Å². The van der Waals surface area contributed by atoms with E-state index in [9.17, 15) is 0 Å². The average molecular weight is 238 g/mol. The van der Waals surface area contributed by atoms with Gasteiger partial charge in [-0.3, -0.25) is 4.67 Å². The van der Waals surface area contributed by atoms with E-state index in [-0.39, 0.29) is 0 Å². The Morgan fingerprint density at radius 1 is 1.19 bits per heavy atom. The van der Waals surface area contributed by atoms with Crippen LogP contribution in [0.25, 0.3) is 0 Å². The van der Waals surface area contributed by atoms with E-state index >= 15 is 0 Å². The molecule has 0 amide bonds. The molecule has 1 aromatic carbocycles. The lowest BCUT2D eigenvalue weighted by Gasteiger charge is -2.29. The SMILES string of the molecule is CC.Nc1ccccc1C1CCN(P)CC1. The largest absolute Gasteiger partial charge is 0.398 e. The third-order valence-corrected chi connectivity index (χ3v) is 3.48. The molecular formula is C13H23N2P. The van der Waals surface area contributed by atoms with Crippen LogP contribution in [0.4, 0.5) is 5.69 Å². The van der Waals surface area contributed by atoms with Gasteiger partial charge in [-0.25, -0.2) is 0 Å². The maximum Gasteiger partial charge on any atom is 0.0349 e. The van der Waals surface area contributed by atoms with Gasteiger partial charge in [0.25, 0.3) is 0 Å². The summed E-state index contributed by atoms with van der Waals surface area (Å²) < 4.78 is 2.30. The first-order chi connectivity index (χ1) is 7.77. The maximum atomic E-state index is 5.97. The number of nitrogens with two attached hydrogens (primary N) is 1. The van der Waals surface area contributed by atoms with Crippen molar-refractivity contribution in [3.05, 3.63) is 29.8 Å². The number of nitrogen functional groups attached to an aromatic ring is 1. The zero-order valence-electron chi connectivity index (χ0n) is 10.3. The average Bonchev–Trinajstić information content (AvgIpc) is 2.34. The first-order valence-electron chi connectivity index (χ1n) is 6.11. The molecule has 1 atom stereocenters. The van der Waals surface area contributed by atoms with Gasteiger partial charge in [-0.05, 0) is 30.4 Å². The molecule has 1 aliphatic heterocycles. The minimum Gasteiger partial charge on any atom is -0.398 e. The van der Waals surface area contributed by atoms with Gasteiger partial charge in [-0.15, -0.1) is 0 Å². The Morgan fingerprint density at radius 3 is 2.31 bits per heavy atom. The molecule has 1 heterocycles. The van der Waals surface area contributed by atoms with Crippen LogP contribution in [0.15, 0.2) is 24.3 Å². The predicted octanol–water partition coefficient (Wildman–Crippen LogP) is 3.26. The Balaban J connectivity index is 0.000000606. The molecule has 1 saturated heterocycles. The van der Waals surface area contributed by atoms with Gasteiger partial charge in [0.2, 0.25) is 0 Å². The molecule has 2 rings (SSSR count). The third-order valence-electron chi connectivity index (χ3n) is 2.97. The van der Waals surface area contributed by atoms with Crippen molar-refractivity contribution < 1.29 is 0 Å². The zero-order valence-corrected chi connectivity index (χ0v) is 11.5. The molecule has 16 heavy (non-hydrogen) atoms. The van der Waals surface area contributed by atoms with Crippen LogP contribution in [0.1, 0.15) is 38.2 Å². The monoisotopic (exact) mass is 238 g/mol. The van der Waals surface area contributed by atoms with Gasteiger partial charge in [0, 0.05) is 18.8 Å². The lowest BCUT2D eigenvalue weighted by Crippen LogP contribution is -2.25. The molecular weight excluding hydrogens is 215 g/mol. The van der Waals surface area contributed by atoms with E-state index in [1.807, 2.05) is 26.0 Å². The Morgan fingerprint density at radius 2 is 1.75 bits per heavy atom. The van der Waals surface area contributed by atoms with Gasteiger partial charge in [-0.2, -0.15) is 0 Å². The summed E-state index contributed by atoms with van der Waals surface area (Å²) in [6, 6.07) is 8.25. The zero-order chi connectivity index (χ0) is 12.0. The van der Waals surface area contributed by atoms with Gasteiger partial charge in [-0.1, -0.05) is 41.4 Å². The van der Waals surface area contributed by atoms with E-state index in [1.54, 1.807) is 0 Å². The van der Waals surface area contributed by atoms with E-state index in [0.717, 1.165) is 18.8 Å². The van der Waals surface area contributed by atoms with Crippen molar-refractivity contribution in [2.24, 2.45) is 0 Å². The molecule has 0 radical (unpaired) electrons. The standard InChI is InChI=1S/C11H17N2P.C2H6/c12-11-4-2-1-3-10(11)9-5-7-13(14)8-6-9;1-2/h1-4,9H,5-8,12,14H2;1-2H3. The summed E-state index contributed by atoms with van der Waals surface area (Å²) in [6.07, 6.45) is 2.44. The topological polar surface area (TPSA) is 29.3 Å². The number of piperidine rings is 1. The van der Waals surface area contributed by atoms with Gasteiger partial charge >= 0.3 is 0 Å². The fourth-order valence-corrected chi connectivity index (χ4v) is 2.39. The van der Waals surface area contributed by atoms with Crippen LogP contribution in [0, 0.1) is 0 Å². The molecule has 1 aromatic rings. The Kier molecular flexibility index (Phi) is 5.79. The molecule has 3 heteroatoms. The van der Waals surface area contributed by atoms with Crippen molar-refractivity contribution in [2.75, 3.05) is 18.8 Å². The fourth-order valence-electron chi connectivity index (χ4n) is 2.09. The van der Waals surface area contributed by atoms with Crippen LogP contribution in [0.5, 0.6) is 0 Å². The minimum absolute atomic E-state index is 0.660. The van der Waals surface area contributed by atoms with Gasteiger partial charge in [0.1, 0.15) is 0 Å². The number of benzene rings is 1. The van der Waals surface area contributed by atoms with Crippen molar-refractivity contribution in [3.8, 4) is 0 Å². The number of nitrogens with zero attached hydrogens (tertiary/aromatic N) is 1. The highest BCUT2D eigenvalue weighted by atomic mass is 31.0. The molecule has 2 nitrogen and oxygen atoms in total. The summed E-state index contributed by atoms with van der Waals surface area (Å²) in [5.41, 5.74) is 8.26. The van der Waals surface area contributed by atoms with Gasteiger partial charge < -0.3 is 5.73 Å². The van der Waals surface area contributed by atoms with Crippen LogP contribution in [-0.2, 0) is 0 Å². The second-order valence-electron chi connectivity index (χ2n) is 3.94. The number of rotatable bonds is 1. The quantitative estimate of drug-likeness (QED) is 0.601. The molecule has 1 aliphatic rings. The fraction of sp³-hybridized carbons (Fsp3) is 0.538. The van der Waals surface area contributed by atoms with Crippen LogP contribution < -0.4 is 5.73 Å². The molecule has 0 aliphatic carbocycles. The maximum absolute atomic E-state index is 5.97. The van der Waals surface area contributed by atoms with E-state index in [0.29, 0.717) is 5.92 Å². The Labute approximate surface area is 101 Å². The summed E-state index contributed by atoms with van der Waals surface area (Å²) in [5, 5.41) is 0. The van der Waals surface area contributed by atoms with Crippen LogP contribution >= 0.6 is 9.39 Å². The smallest absolute Gasteiger partial charge is 0.0349 e. The summed E-state index contributed by atoms with van der Waals surface area (Å²) in [5.74, 6) is 0.660.